The summed E-state index contributed by atoms with van der Waals surface area (Å²) in [5.41, 5.74) is 7.41. The van der Waals surface area contributed by atoms with Crippen molar-refractivity contribution in [3.8, 4) is 0 Å². The third-order valence-corrected chi connectivity index (χ3v) is 3.84. The number of rotatable bonds is 2. The van der Waals surface area contributed by atoms with E-state index >= 15 is 0 Å². The molecule has 2 rings (SSSR count). The summed E-state index contributed by atoms with van der Waals surface area (Å²) in [6, 6.07) is 6.21. The van der Waals surface area contributed by atoms with Crippen molar-refractivity contribution in [3.63, 3.8) is 0 Å². The normalized spacial score (nSPS) is 29.0. The van der Waals surface area contributed by atoms with Gasteiger partial charge in [-0.2, -0.15) is 0 Å². The fraction of sp³-hybridized carbons (Fsp3) is 0.571. The van der Waals surface area contributed by atoms with Crippen LogP contribution in [0.3, 0.4) is 0 Å². The quantitative estimate of drug-likeness (QED) is 0.776. The fourth-order valence-electron chi connectivity index (χ4n) is 2.93. The van der Waals surface area contributed by atoms with E-state index in [1.54, 1.807) is 6.07 Å². The van der Waals surface area contributed by atoms with Gasteiger partial charge in [0.15, 0.2) is 0 Å². The van der Waals surface area contributed by atoms with Crippen molar-refractivity contribution >= 4 is 23.0 Å². The highest BCUT2D eigenvalue weighted by Crippen LogP contribution is 2.32. The maximum absolute atomic E-state index is 6.18. The Kier molecular flexibility index (Phi) is 3.82. The number of nitrogen functional groups attached to an aromatic ring is 1. The van der Waals surface area contributed by atoms with Crippen LogP contribution >= 0.6 is 11.6 Å². The molecule has 94 valence electrons. The molecule has 0 radical (unpaired) electrons. The molecule has 1 aliphatic rings. The maximum Gasteiger partial charge on any atom is 0.0658 e. The van der Waals surface area contributed by atoms with E-state index in [-0.39, 0.29) is 0 Å². The van der Waals surface area contributed by atoms with Crippen molar-refractivity contribution in [2.24, 2.45) is 11.8 Å². The molecular formula is C14H21ClN2. The van der Waals surface area contributed by atoms with Crippen molar-refractivity contribution in [3.05, 3.63) is 23.2 Å². The summed E-state index contributed by atoms with van der Waals surface area (Å²) >= 11 is 6.18. The largest absolute Gasteiger partial charge is 0.399 e. The second kappa shape index (κ2) is 5.18. The van der Waals surface area contributed by atoms with Gasteiger partial charge in [-0.05, 0) is 49.3 Å². The fourth-order valence-corrected chi connectivity index (χ4v) is 3.18. The van der Waals surface area contributed by atoms with Crippen LogP contribution in [0.25, 0.3) is 0 Å². The average molecular weight is 253 g/mol. The zero-order valence-corrected chi connectivity index (χ0v) is 11.3. The van der Waals surface area contributed by atoms with E-state index in [0.717, 1.165) is 22.5 Å². The van der Waals surface area contributed by atoms with Crippen LogP contribution in [0.15, 0.2) is 18.2 Å². The number of benzene rings is 1. The molecule has 0 bridgehead atoms. The van der Waals surface area contributed by atoms with Crippen molar-refractivity contribution in [1.29, 1.82) is 0 Å². The average Bonchev–Trinajstić information content (AvgIpc) is 2.21. The third kappa shape index (κ3) is 3.29. The Hall–Kier alpha value is -0.890. The Bertz CT molecular complexity index is 382. The molecule has 3 N–H and O–H groups in total. The SMILES string of the molecule is CC1CC(C)CC(Nc2ccc(N)cc2Cl)C1. The molecule has 1 fully saturated rings. The Morgan fingerprint density at radius 2 is 1.82 bits per heavy atom. The van der Waals surface area contributed by atoms with Gasteiger partial charge >= 0.3 is 0 Å². The first-order valence-electron chi connectivity index (χ1n) is 6.36. The van der Waals surface area contributed by atoms with Crippen LogP contribution in [0.2, 0.25) is 5.02 Å². The highest BCUT2D eigenvalue weighted by atomic mass is 35.5. The van der Waals surface area contributed by atoms with Crippen molar-refractivity contribution in [2.75, 3.05) is 11.1 Å². The molecule has 0 saturated heterocycles. The molecule has 2 unspecified atom stereocenters. The van der Waals surface area contributed by atoms with Crippen LogP contribution in [-0.4, -0.2) is 6.04 Å². The van der Waals surface area contributed by atoms with Crippen LogP contribution < -0.4 is 11.1 Å². The summed E-state index contributed by atoms with van der Waals surface area (Å²) in [5.74, 6) is 1.59. The molecule has 0 heterocycles. The van der Waals surface area contributed by atoms with Crippen LogP contribution in [0.1, 0.15) is 33.1 Å². The van der Waals surface area contributed by atoms with Gasteiger partial charge in [0, 0.05) is 11.7 Å². The summed E-state index contributed by atoms with van der Waals surface area (Å²) in [6.45, 7) is 4.66. The predicted molar refractivity (Wildman–Crippen MR) is 75.5 cm³/mol. The minimum atomic E-state index is 0.537. The molecule has 0 aliphatic heterocycles. The number of halogens is 1. The molecule has 0 spiro atoms. The van der Waals surface area contributed by atoms with E-state index in [1.807, 2.05) is 12.1 Å². The van der Waals surface area contributed by atoms with Gasteiger partial charge in [-0.15, -0.1) is 0 Å². The van der Waals surface area contributed by atoms with Gasteiger partial charge in [0.25, 0.3) is 0 Å². The van der Waals surface area contributed by atoms with Gasteiger partial charge in [0.1, 0.15) is 0 Å². The molecular weight excluding hydrogens is 232 g/mol. The lowest BCUT2D eigenvalue weighted by atomic mass is 9.80. The Balaban J connectivity index is 2.04. The Morgan fingerprint density at radius 3 is 2.41 bits per heavy atom. The maximum atomic E-state index is 6.18. The van der Waals surface area contributed by atoms with Crippen molar-refractivity contribution in [2.45, 2.75) is 39.2 Å². The van der Waals surface area contributed by atoms with Gasteiger partial charge in [-0.25, -0.2) is 0 Å². The van der Waals surface area contributed by atoms with Gasteiger partial charge in [-0.1, -0.05) is 25.4 Å². The monoisotopic (exact) mass is 252 g/mol. The summed E-state index contributed by atoms with van der Waals surface area (Å²) in [6.07, 6.45) is 3.80. The van der Waals surface area contributed by atoms with Gasteiger partial charge in [0.05, 0.1) is 10.7 Å². The minimum absolute atomic E-state index is 0.537. The number of hydrogen-bond acceptors (Lipinski definition) is 2. The van der Waals surface area contributed by atoms with Gasteiger partial charge < -0.3 is 11.1 Å². The summed E-state index contributed by atoms with van der Waals surface area (Å²) in [7, 11) is 0. The Morgan fingerprint density at radius 1 is 1.18 bits per heavy atom. The minimum Gasteiger partial charge on any atom is -0.399 e. The molecule has 1 aromatic rings. The van der Waals surface area contributed by atoms with E-state index in [9.17, 15) is 0 Å². The van der Waals surface area contributed by atoms with Crippen LogP contribution in [0.5, 0.6) is 0 Å². The standard InChI is InChI=1S/C14H21ClN2/c1-9-5-10(2)7-12(6-9)17-14-4-3-11(16)8-13(14)15/h3-4,8-10,12,17H,5-7,16H2,1-2H3. The van der Waals surface area contributed by atoms with Crippen molar-refractivity contribution < 1.29 is 0 Å². The lowest BCUT2D eigenvalue weighted by Crippen LogP contribution is -2.30. The van der Waals surface area contributed by atoms with Crippen LogP contribution in [-0.2, 0) is 0 Å². The van der Waals surface area contributed by atoms with Gasteiger partial charge in [0.2, 0.25) is 0 Å². The second-order valence-electron chi connectivity index (χ2n) is 5.50. The van der Waals surface area contributed by atoms with E-state index in [4.69, 9.17) is 17.3 Å². The topological polar surface area (TPSA) is 38.0 Å². The second-order valence-corrected chi connectivity index (χ2v) is 5.91. The zero-order valence-electron chi connectivity index (χ0n) is 10.5. The molecule has 0 aromatic heterocycles. The predicted octanol–water partition coefficient (Wildman–Crippen LogP) is 4.16. The number of nitrogens with two attached hydrogens (primary N) is 1. The molecule has 1 saturated carbocycles. The Labute approximate surface area is 109 Å². The first kappa shape index (κ1) is 12.6. The molecule has 3 heteroatoms. The van der Waals surface area contributed by atoms with E-state index in [1.165, 1.54) is 19.3 Å². The highest BCUT2D eigenvalue weighted by Gasteiger charge is 2.24. The molecule has 1 aromatic carbocycles. The first-order valence-corrected chi connectivity index (χ1v) is 6.74. The number of nitrogens with one attached hydrogen (secondary N) is 1. The molecule has 17 heavy (non-hydrogen) atoms. The first-order chi connectivity index (χ1) is 8.04. The summed E-state index contributed by atoms with van der Waals surface area (Å²) in [5, 5.41) is 4.27. The highest BCUT2D eigenvalue weighted by molar-refractivity contribution is 6.33. The smallest absolute Gasteiger partial charge is 0.0658 e. The summed E-state index contributed by atoms with van der Waals surface area (Å²) in [4.78, 5) is 0. The van der Waals surface area contributed by atoms with Crippen molar-refractivity contribution in [1.82, 2.24) is 0 Å². The van der Waals surface area contributed by atoms with E-state index in [2.05, 4.69) is 19.2 Å². The third-order valence-electron chi connectivity index (χ3n) is 3.53. The van der Waals surface area contributed by atoms with Crippen LogP contribution in [0, 0.1) is 11.8 Å². The number of hydrogen-bond donors (Lipinski definition) is 2. The molecule has 0 amide bonds. The molecule has 1 aliphatic carbocycles. The van der Waals surface area contributed by atoms with Crippen LogP contribution in [0.4, 0.5) is 11.4 Å². The molecule has 2 nitrogen and oxygen atoms in total. The van der Waals surface area contributed by atoms with E-state index < -0.39 is 0 Å². The van der Waals surface area contributed by atoms with Gasteiger partial charge in [-0.3, -0.25) is 0 Å². The van der Waals surface area contributed by atoms with E-state index in [0.29, 0.717) is 11.7 Å². The zero-order chi connectivity index (χ0) is 12.4. The number of anilines is 2. The lowest BCUT2D eigenvalue weighted by molar-refractivity contribution is 0.281. The lowest BCUT2D eigenvalue weighted by Gasteiger charge is -2.32. The summed E-state index contributed by atoms with van der Waals surface area (Å²) < 4.78 is 0. The molecule has 2 atom stereocenters.